The molecule has 10 heavy (non-hydrogen) atoms. The summed E-state index contributed by atoms with van der Waals surface area (Å²) < 4.78 is 0. The highest BCUT2D eigenvalue weighted by Crippen LogP contribution is 2.31. The van der Waals surface area contributed by atoms with Gasteiger partial charge in [0.15, 0.2) is 0 Å². The standard InChI is InChI=1S/C7H15NO.ClH/c1-6(8)7(9)4-2-3-5-7;/h6,9H,2-5,8H2,1H3;1H/t6-;/m0./s1. The number of rotatable bonds is 1. The summed E-state index contributed by atoms with van der Waals surface area (Å²) in [6.45, 7) is 1.88. The van der Waals surface area contributed by atoms with Gasteiger partial charge in [-0.25, -0.2) is 0 Å². The second-order valence-corrected chi connectivity index (χ2v) is 3.10. The lowest BCUT2D eigenvalue weighted by atomic mass is 9.95. The van der Waals surface area contributed by atoms with Gasteiger partial charge in [-0.2, -0.15) is 0 Å². The predicted molar refractivity (Wildman–Crippen MR) is 44.3 cm³/mol. The third-order valence-electron chi connectivity index (χ3n) is 2.32. The van der Waals surface area contributed by atoms with Gasteiger partial charge in [0, 0.05) is 6.04 Å². The molecule has 0 heterocycles. The number of aliphatic hydroxyl groups is 1. The Hall–Kier alpha value is 0.210. The SMILES string of the molecule is C[C@H](N)C1(O)CCCC1.Cl. The number of nitrogens with two attached hydrogens (primary N) is 1. The molecule has 0 aromatic heterocycles. The van der Waals surface area contributed by atoms with E-state index in [1.807, 2.05) is 6.92 Å². The minimum Gasteiger partial charge on any atom is -0.388 e. The first-order valence-electron chi connectivity index (χ1n) is 3.63. The molecule has 0 unspecified atom stereocenters. The molecule has 3 N–H and O–H groups in total. The first-order chi connectivity index (χ1) is 4.15. The first-order valence-corrected chi connectivity index (χ1v) is 3.63. The molecule has 2 nitrogen and oxygen atoms in total. The van der Waals surface area contributed by atoms with E-state index in [1.165, 1.54) is 0 Å². The van der Waals surface area contributed by atoms with Crippen LogP contribution in [0, 0.1) is 0 Å². The van der Waals surface area contributed by atoms with E-state index in [0.29, 0.717) is 0 Å². The summed E-state index contributed by atoms with van der Waals surface area (Å²) in [6.07, 6.45) is 4.06. The van der Waals surface area contributed by atoms with Gasteiger partial charge >= 0.3 is 0 Å². The highest BCUT2D eigenvalue weighted by molar-refractivity contribution is 5.85. The normalized spacial score (nSPS) is 25.5. The maximum Gasteiger partial charge on any atom is 0.0795 e. The Morgan fingerprint density at radius 2 is 1.80 bits per heavy atom. The Morgan fingerprint density at radius 1 is 1.40 bits per heavy atom. The molecule has 0 radical (unpaired) electrons. The lowest BCUT2D eigenvalue weighted by molar-refractivity contribution is 0.0267. The van der Waals surface area contributed by atoms with Gasteiger partial charge in [0.05, 0.1) is 5.60 Å². The van der Waals surface area contributed by atoms with E-state index < -0.39 is 5.60 Å². The molecular weight excluding hydrogens is 150 g/mol. The molecule has 0 aromatic rings. The summed E-state index contributed by atoms with van der Waals surface area (Å²) in [5, 5.41) is 9.64. The van der Waals surface area contributed by atoms with E-state index >= 15 is 0 Å². The fourth-order valence-corrected chi connectivity index (χ4v) is 1.44. The number of hydrogen-bond acceptors (Lipinski definition) is 2. The van der Waals surface area contributed by atoms with Crippen LogP contribution >= 0.6 is 12.4 Å². The van der Waals surface area contributed by atoms with E-state index in [4.69, 9.17) is 5.73 Å². The predicted octanol–water partition coefficient (Wildman–Crippen LogP) is 1.06. The van der Waals surface area contributed by atoms with Gasteiger partial charge in [-0.05, 0) is 19.8 Å². The third kappa shape index (κ3) is 1.84. The zero-order chi connectivity index (χ0) is 6.91. The molecular formula is C7H16ClNO. The van der Waals surface area contributed by atoms with Crippen molar-refractivity contribution >= 4 is 12.4 Å². The fraction of sp³-hybridized carbons (Fsp3) is 1.00. The van der Waals surface area contributed by atoms with Crippen LogP contribution in [-0.4, -0.2) is 16.7 Å². The molecule has 0 saturated heterocycles. The Morgan fingerprint density at radius 3 is 2.00 bits per heavy atom. The molecule has 1 aliphatic rings. The van der Waals surface area contributed by atoms with Gasteiger partial charge in [-0.15, -0.1) is 12.4 Å². The minimum atomic E-state index is -0.528. The van der Waals surface area contributed by atoms with E-state index in [0.717, 1.165) is 25.7 Å². The molecule has 1 aliphatic carbocycles. The molecule has 1 saturated carbocycles. The second-order valence-electron chi connectivity index (χ2n) is 3.10. The van der Waals surface area contributed by atoms with Crippen LogP contribution in [0.3, 0.4) is 0 Å². The molecule has 1 atom stereocenters. The van der Waals surface area contributed by atoms with Crippen molar-refractivity contribution in [2.75, 3.05) is 0 Å². The maximum absolute atomic E-state index is 9.64. The molecule has 0 aromatic carbocycles. The minimum absolute atomic E-state index is 0. The van der Waals surface area contributed by atoms with E-state index in [1.54, 1.807) is 0 Å². The highest BCUT2D eigenvalue weighted by Gasteiger charge is 2.34. The summed E-state index contributed by atoms with van der Waals surface area (Å²) in [6, 6.07) is -0.0556. The summed E-state index contributed by atoms with van der Waals surface area (Å²) in [5.74, 6) is 0. The van der Waals surface area contributed by atoms with Gasteiger partial charge in [0.2, 0.25) is 0 Å². The van der Waals surface area contributed by atoms with E-state index in [-0.39, 0.29) is 18.4 Å². The largest absolute Gasteiger partial charge is 0.388 e. The lowest BCUT2D eigenvalue weighted by Crippen LogP contribution is -2.43. The Kier molecular flexibility index (Phi) is 3.63. The third-order valence-corrected chi connectivity index (χ3v) is 2.32. The van der Waals surface area contributed by atoms with Crippen LogP contribution in [0.5, 0.6) is 0 Å². The van der Waals surface area contributed by atoms with Crippen molar-refractivity contribution in [1.29, 1.82) is 0 Å². The first kappa shape index (κ1) is 10.2. The van der Waals surface area contributed by atoms with Crippen molar-refractivity contribution in [2.24, 2.45) is 5.73 Å². The van der Waals surface area contributed by atoms with Crippen LogP contribution in [0.4, 0.5) is 0 Å². The van der Waals surface area contributed by atoms with Crippen molar-refractivity contribution in [2.45, 2.75) is 44.2 Å². The Labute approximate surface area is 68.2 Å². The zero-order valence-corrected chi connectivity index (χ0v) is 7.16. The monoisotopic (exact) mass is 165 g/mol. The molecule has 0 spiro atoms. The van der Waals surface area contributed by atoms with Crippen molar-refractivity contribution in [3.05, 3.63) is 0 Å². The summed E-state index contributed by atoms with van der Waals surface area (Å²) in [7, 11) is 0. The van der Waals surface area contributed by atoms with Crippen molar-refractivity contribution in [1.82, 2.24) is 0 Å². The Bertz CT molecular complexity index is 99.8. The summed E-state index contributed by atoms with van der Waals surface area (Å²) in [5.41, 5.74) is 5.05. The van der Waals surface area contributed by atoms with Crippen LogP contribution in [0.15, 0.2) is 0 Å². The van der Waals surface area contributed by atoms with E-state index in [9.17, 15) is 5.11 Å². The van der Waals surface area contributed by atoms with Crippen molar-refractivity contribution in [3.63, 3.8) is 0 Å². The van der Waals surface area contributed by atoms with Gasteiger partial charge in [-0.1, -0.05) is 12.8 Å². The summed E-state index contributed by atoms with van der Waals surface area (Å²) >= 11 is 0. The summed E-state index contributed by atoms with van der Waals surface area (Å²) in [4.78, 5) is 0. The molecule has 0 amide bonds. The number of halogens is 1. The van der Waals surface area contributed by atoms with Crippen LogP contribution < -0.4 is 5.73 Å². The Balaban J connectivity index is 0.000000810. The molecule has 3 heteroatoms. The van der Waals surface area contributed by atoms with Gasteiger partial charge < -0.3 is 10.8 Å². The average molecular weight is 166 g/mol. The van der Waals surface area contributed by atoms with Crippen molar-refractivity contribution in [3.8, 4) is 0 Å². The van der Waals surface area contributed by atoms with Crippen LogP contribution in [-0.2, 0) is 0 Å². The van der Waals surface area contributed by atoms with E-state index in [2.05, 4.69) is 0 Å². The smallest absolute Gasteiger partial charge is 0.0795 e. The lowest BCUT2D eigenvalue weighted by Gasteiger charge is -2.26. The van der Waals surface area contributed by atoms with Gasteiger partial charge in [0.25, 0.3) is 0 Å². The quantitative estimate of drug-likeness (QED) is 0.611. The van der Waals surface area contributed by atoms with Gasteiger partial charge in [0.1, 0.15) is 0 Å². The second kappa shape index (κ2) is 3.56. The highest BCUT2D eigenvalue weighted by atomic mass is 35.5. The molecule has 0 aliphatic heterocycles. The average Bonchev–Trinajstić information content (AvgIpc) is 2.16. The van der Waals surface area contributed by atoms with Crippen LogP contribution in [0.2, 0.25) is 0 Å². The molecule has 0 bridgehead atoms. The van der Waals surface area contributed by atoms with Crippen LogP contribution in [0.25, 0.3) is 0 Å². The maximum atomic E-state index is 9.64. The van der Waals surface area contributed by atoms with Crippen molar-refractivity contribution < 1.29 is 5.11 Å². The zero-order valence-electron chi connectivity index (χ0n) is 6.34. The fourth-order valence-electron chi connectivity index (χ4n) is 1.44. The van der Waals surface area contributed by atoms with Gasteiger partial charge in [-0.3, -0.25) is 0 Å². The number of hydrogen-bond donors (Lipinski definition) is 2. The molecule has 62 valence electrons. The molecule has 1 rings (SSSR count). The molecule has 1 fully saturated rings. The van der Waals surface area contributed by atoms with Crippen LogP contribution in [0.1, 0.15) is 32.6 Å². The topological polar surface area (TPSA) is 46.2 Å².